The predicted molar refractivity (Wildman–Crippen MR) is 201 cm³/mol. The molecule has 0 saturated heterocycles. The second kappa shape index (κ2) is 17.1. The molecule has 1 radical (unpaired) electrons. The zero-order chi connectivity index (χ0) is 33.7. The fourth-order valence-electron chi connectivity index (χ4n) is 7.97. The molecule has 2 aliphatic rings. The van der Waals surface area contributed by atoms with Gasteiger partial charge in [0.1, 0.15) is 0 Å². The molecule has 4 aromatic rings. The van der Waals surface area contributed by atoms with Gasteiger partial charge in [0.2, 0.25) is 0 Å². The number of aliphatic hydroxyl groups is 1. The van der Waals surface area contributed by atoms with Crippen LogP contribution >= 0.6 is 11.3 Å². The van der Waals surface area contributed by atoms with Gasteiger partial charge in [0, 0.05) is 59.5 Å². The quantitative estimate of drug-likeness (QED) is 0.104. The summed E-state index contributed by atoms with van der Waals surface area (Å²) in [5.74, 6) is 2.37. The Labute approximate surface area is 307 Å². The Bertz CT molecular complexity index is 1700. The summed E-state index contributed by atoms with van der Waals surface area (Å²) >= 11 is 2.01. The third-order valence-corrected chi connectivity index (χ3v) is 12.2. The van der Waals surface area contributed by atoms with Crippen LogP contribution in [-0.2, 0) is 43.2 Å². The van der Waals surface area contributed by atoms with E-state index >= 15 is 0 Å². The van der Waals surface area contributed by atoms with Gasteiger partial charge in [-0.15, -0.1) is 40.5 Å². The molecule has 261 valence electrons. The van der Waals surface area contributed by atoms with E-state index in [0.29, 0.717) is 0 Å². The first-order chi connectivity index (χ1) is 22.6. The molecule has 0 spiro atoms. The Balaban J connectivity index is 0.000000279. The molecule has 0 bridgehead atoms. The van der Waals surface area contributed by atoms with Gasteiger partial charge in [0.15, 0.2) is 5.78 Å². The molecule has 1 atom stereocenters. The molecule has 3 nitrogen and oxygen atoms in total. The average Bonchev–Trinajstić information content (AvgIpc) is 3.64. The molecule has 6 rings (SSSR count). The summed E-state index contributed by atoms with van der Waals surface area (Å²) in [6, 6.07) is 17.0. The van der Waals surface area contributed by atoms with Crippen LogP contribution in [-0.4, -0.2) is 15.9 Å². The topological polar surface area (TPSA) is 50.2 Å². The molecule has 0 aliphatic heterocycles. The Morgan fingerprint density at radius 3 is 2.25 bits per heavy atom. The van der Waals surface area contributed by atoms with Gasteiger partial charge >= 0.3 is 0 Å². The minimum Gasteiger partial charge on any atom is -0.512 e. The van der Waals surface area contributed by atoms with E-state index in [-0.39, 0.29) is 48.9 Å². The van der Waals surface area contributed by atoms with Crippen LogP contribution in [0.4, 0.5) is 0 Å². The SMILES string of the molecule is CC(C)(C)c1cc(-c2nccc3c4c(sc23)CC(C2CCCCC2)C4)[c-]c2ccccc12.CCC(CC)C(=O)C=C(O)C(CC)CC.[Ir]. The van der Waals surface area contributed by atoms with E-state index in [9.17, 15) is 9.90 Å². The van der Waals surface area contributed by atoms with Crippen LogP contribution in [0, 0.1) is 29.7 Å². The van der Waals surface area contributed by atoms with E-state index in [1.807, 2.05) is 45.2 Å². The van der Waals surface area contributed by atoms with Crippen LogP contribution in [0.5, 0.6) is 0 Å². The van der Waals surface area contributed by atoms with Crippen LogP contribution in [0.25, 0.3) is 32.1 Å². The minimum absolute atomic E-state index is 0. The smallest absolute Gasteiger partial charge is 0.162 e. The number of thiophene rings is 1. The van der Waals surface area contributed by atoms with E-state index in [1.54, 1.807) is 10.4 Å². The predicted octanol–water partition coefficient (Wildman–Crippen LogP) is 12.4. The van der Waals surface area contributed by atoms with Gasteiger partial charge in [-0.25, -0.2) is 0 Å². The van der Waals surface area contributed by atoms with Gasteiger partial charge < -0.3 is 5.11 Å². The number of aliphatic hydroxyl groups excluding tert-OH is 1. The first-order valence-electron chi connectivity index (χ1n) is 18.4. The second-order valence-corrected chi connectivity index (χ2v) is 16.1. The van der Waals surface area contributed by atoms with Gasteiger partial charge in [-0.05, 0) is 72.8 Å². The van der Waals surface area contributed by atoms with E-state index in [4.69, 9.17) is 4.98 Å². The standard InChI is InChI=1S/C30H32NS.C13H24O2.Ir/c1-30(2,3)26-17-22(15-20-11-7-8-12-23(20)26)28-29-24(13-14-31-28)25-16-21(18-27(25)32-29)19-9-5-4-6-10-19;1-5-10(6-2)12(14)9-13(15)11(7-3)8-4;/h7-8,11-14,17,19,21H,4-6,9-10,16,18H2,1-3H3;9-11,14H,5-8H2,1-4H3;/q-1;;. The number of ketones is 1. The summed E-state index contributed by atoms with van der Waals surface area (Å²) in [5, 5.41) is 13.7. The van der Waals surface area contributed by atoms with Crippen molar-refractivity contribution in [1.82, 2.24) is 4.98 Å². The third kappa shape index (κ3) is 8.51. The summed E-state index contributed by atoms with van der Waals surface area (Å²) in [6.07, 6.45) is 16.7. The van der Waals surface area contributed by atoms with Crippen LogP contribution in [0.15, 0.2) is 54.4 Å². The number of hydrogen-bond acceptors (Lipinski definition) is 4. The van der Waals surface area contributed by atoms with E-state index in [2.05, 4.69) is 63.2 Å². The van der Waals surface area contributed by atoms with Gasteiger partial charge in [-0.2, -0.15) is 0 Å². The van der Waals surface area contributed by atoms with Gasteiger partial charge in [-0.1, -0.05) is 110 Å². The van der Waals surface area contributed by atoms with Crippen LogP contribution in [0.3, 0.4) is 0 Å². The minimum atomic E-state index is 0. The number of fused-ring (bicyclic) bond motifs is 4. The molecular formula is C43H56IrNO2S-. The van der Waals surface area contributed by atoms with Crippen LogP contribution in [0.2, 0.25) is 0 Å². The molecule has 1 N–H and O–H groups in total. The van der Waals surface area contributed by atoms with Crippen molar-refractivity contribution in [1.29, 1.82) is 0 Å². The van der Waals surface area contributed by atoms with Crippen molar-refractivity contribution in [3.63, 3.8) is 0 Å². The summed E-state index contributed by atoms with van der Waals surface area (Å²) in [7, 11) is 0. The number of allylic oxidation sites excluding steroid dienone is 2. The molecule has 2 aromatic carbocycles. The zero-order valence-electron chi connectivity index (χ0n) is 30.3. The molecule has 2 heterocycles. The molecule has 0 amide bonds. The molecule has 1 unspecified atom stereocenters. The van der Waals surface area contributed by atoms with Gasteiger partial charge in [-0.3, -0.25) is 9.78 Å². The van der Waals surface area contributed by atoms with Crippen molar-refractivity contribution in [2.45, 2.75) is 125 Å². The summed E-state index contributed by atoms with van der Waals surface area (Å²) < 4.78 is 1.37. The number of carbonyl (C=O) groups excluding carboxylic acids is 1. The zero-order valence-corrected chi connectivity index (χ0v) is 33.5. The van der Waals surface area contributed by atoms with Crippen molar-refractivity contribution in [3.8, 4) is 11.3 Å². The Hall–Kier alpha value is -2.33. The second-order valence-electron chi connectivity index (χ2n) is 15.0. The van der Waals surface area contributed by atoms with E-state index in [0.717, 1.165) is 48.8 Å². The molecule has 5 heteroatoms. The molecule has 1 saturated carbocycles. The Morgan fingerprint density at radius 1 is 0.938 bits per heavy atom. The van der Waals surface area contributed by atoms with Crippen LogP contribution < -0.4 is 0 Å². The molecular weight excluding hydrogens is 787 g/mol. The van der Waals surface area contributed by atoms with E-state index in [1.165, 1.54) is 77.4 Å². The number of benzene rings is 2. The monoisotopic (exact) mass is 843 g/mol. The van der Waals surface area contributed by atoms with Gasteiger partial charge in [0.05, 0.1) is 5.76 Å². The van der Waals surface area contributed by atoms with Crippen molar-refractivity contribution >= 4 is 38.0 Å². The van der Waals surface area contributed by atoms with Gasteiger partial charge in [0.25, 0.3) is 0 Å². The number of nitrogens with zero attached hydrogens (tertiary/aromatic N) is 1. The molecule has 2 aromatic heterocycles. The first-order valence-corrected chi connectivity index (χ1v) is 19.2. The molecule has 48 heavy (non-hydrogen) atoms. The number of carbonyl (C=O) groups is 1. The fraction of sp³-hybridized carbons (Fsp3) is 0.535. The largest absolute Gasteiger partial charge is 0.512 e. The van der Waals surface area contributed by atoms with Crippen LogP contribution in [0.1, 0.15) is 122 Å². The van der Waals surface area contributed by atoms with Crippen molar-refractivity contribution in [2.75, 3.05) is 0 Å². The third-order valence-electron chi connectivity index (χ3n) is 10.9. The summed E-state index contributed by atoms with van der Waals surface area (Å²) in [6.45, 7) is 15.0. The maximum absolute atomic E-state index is 11.7. The van der Waals surface area contributed by atoms with Crippen molar-refractivity contribution in [2.24, 2.45) is 23.7 Å². The number of rotatable bonds is 9. The number of aromatic nitrogens is 1. The first kappa shape index (κ1) is 38.5. The number of pyridine rings is 1. The van der Waals surface area contributed by atoms with Crippen molar-refractivity contribution < 1.29 is 30.0 Å². The molecule has 2 aliphatic carbocycles. The van der Waals surface area contributed by atoms with Crippen molar-refractivity contribution in [3.05, 3.63) is 76.5 Å². The van der Waals surface area contributed by atoms with E-state index < -0.39 is 0 Å². The molecule has 1 fully saturated rings. The summed E-state index contributed by atoms with van der Waals surface area (Å²) in [4.78, 5) is 18.3. The fourth-order valence-corrected chi connectivity index (χ4v) is 9.39. The Kier molecular flexibility index (Phi) is 13.7. The number of hydrogen-bond donors (Lipinski definition) is 1. The normalized spacial score (nSPS) is 17.0. The Morgan fingerprint density at radius 2 is 1.60 bits per heavy atom. The average molecular weight is 843 g/mol. The summed E-state index contributed by atoms with van der Waals surface area (Å²) in [5.41, 5.74) is 5.33. The maximum atomic E-state index is 11.7. The maximum Gasteiger partial charge on any atom is 0.162 e.